The van der Waals surface area contributed by atoms with Gasteiger partial charge in [-0.2, -0.15) is 4.98 Å². The zero-order valence-electron chi connectivity index (χ0n) is 15.5. The molecule has 0 aromatic carbocycles. The monoisotopic (exact) mass is 464 g/mol. The summed E-state index contributed by atoms with van der Waals surface area (Å²) in [6, 6.07) is 0. The fourth-order valence-electron chi connectivity index (χ4n) is 4.14. The van der Waals surface area contributed by atoms with Crippen molar-refractivity contribution in [1.29, 1.82) is 0 Å². The van der Waals surface area contributed by atoms with E-state index in [4.69, 9.17) is 27.9 Å². The van der Waals surface area contributed by atoms with E-state index in [1.807, 2.05) is 0 Å². The molecule has 3 heterocycles. The molecule has 2 aromatic rings. The van der Waals surface area contributed by atoms with Crippen LogP contribution in [0.15, 0.2) is 6.33 Å². The molecule has 3 atom stereocenters. The molecule has 158 valence electrons. The lowest BCUT2D eigenvalue weighted by molar-refractivity contribution is -0.152. The van der Waals surface area contributed by atoms with Crippen LogP contribution in [-0.2, 0) is 29.7 Å². The fourth-order valence-corrected chi connectivity index (χ4v) is 7.19. The van der Waals surface area contributed by atoms with Crippen LogP contribution in [0.3, 0.4) is 0 Å². The molecule has 1 fully saturated rings. The fraction of sp³-hybridized carbons (Fsp3) is 0.562. The third-order valence-corrected chi connectivity index (χ3v) is 8.00. The Morgan fingerprint density at radius 3 is 2.62 bits per heavy atom. The van der Waals surface area contributed by atoms with Crippen LogP contribution < -0.4 is 0 Å². The summed E-state index contributed by atoms with van der Waals surface area (Å²) < 4.78 is 31.9. The summed E-state index contributed by atoms with van der Waals surface area (Å²) >= 11 is 11.9. The Morgan fingerprint density at radius 2 is 2.03 bits per heavy atom. The van der Waals surface area contributed by atoms with Crippen LogP contribution in [0, 0.1) is 5.92 Å². The van der Waals surface area contributed by atoms with E-state index in [2.05, 4.69) is 15.0 Å². The number of sulfone groups is 1. The average molecular weight is 465 g/mol. The lowest BCUT2D eigenvalue weighted by Gasteiger charge is -2.35. The van der Waals surface area contributed by atoms with E-state index >= 15 is 0 Å². The van der Waals surface area contributed by atoms with Crippen molar-refractivity contribution in [2.75, 3.05) is 12.4 Å². The van der Waals surface area contributed by atoms with Gasteiger partial charge in [-0.3, -0.25) is 9.36 Å². The number of fused-ring (bicyclic) bond motifs is 1. The maximum absolute atomic E-state index is 12.9. The molecule has 1 aliphatic heterocycles. The van der Waals surface area contributed by atoms with Crippen LogP contribution in [0.1, 0.15) is 26.7 Å². The summed E-state index contributed by atoms with van der Waals surface area (Å²) in [5, 5.41) is 8.63. The summed E-state index contributed by atoms with van der Waals surface area (Å²) in [5.74, 6) is -3.72. The SMILES string of the molecule is CCOC(=O)CC1CS(=O)(=O)C(CC)C1(C(=O)O)n1cnc2c(Cl)nc(Cl)nc21. The summed E-state index contributed by atoms with van der Waals surface area (Å²) in [6.45, 7) is 3.26. The van der Waals surface area contributed by atoms with E-state index in [0.29, 0.717) is 0 Å². The van der Waals surface area contributed by atoms with E-state index in [1.165, 1.54) is 0 Å². The van der Waals surface area contributed by atoms with Gasteiger partial charge >= 0.3 is 11.9 Å². The van der Waals surface area contributed by atoms with E-state index in [-0.39, 0.29) is 34.6 Å². The number of carbonyl (C=O) groups is 2. The van der Waals surface area contributed by atoms with Crippen molar-refractivity contribution in [3.63, 3.8) is 0 Å². The molecule has 3 unspecified atom stereocenters. The molecule has 0 saturated carbocycles. The highest BCUT2D eigenvalue weighted by Gasteiger charge is 2.64. The number of carbonyl (C=O) groups excluding carboxylic acids is 1. The molecule has 1 aliphatic rings. The van der Waals surface area contributed by atoms with Crippen LogP contribution in [0.25, 0.3) is 11.2 Å². The minimum Gasteiger partial charge on any atom is -0.479 e. The second-order valence-electron chi connectivity index (χ2n) is 6.63. The lowest BCUT2D eigenvalue weighted by Crippen LogP contribution is -2.54. The summed E-state index contributed by atoms with van der Waals surface area (Å²) in [4.78, 5) is 36.7. The second-order valence-corrected chi connectivity index (χ2v) is 9.56. The number of halogens is 2. The second kappa shape index (κ2) is 7.69. The number of ether oxygens (including phenoxy) is 1. The van der Waals surface area contributed by atoms with Gasteiger partial charge in [0.2, 0.25) is 5.28 Å². The molecule has 3 rings (SSSR count). The van der Waals surface area contributed by atoms with Gasteiger partial charge in [0.15, 0.2) is 26.2 Å². The summed E-state index contributed by atoms with van der Waals surface area (Å²) in [5.41, 5.74) is -2.00. The molecule has 29 heavy (non-hydrogen) atoms. The van der Waals surface area contributed by atoms with Gasteiger partial charge in [0.05, 0.1) is 30.4 Å². The highest BCUT2D eigenvalue weighted by Crippen LogP contribution is 2.47. The molecular weight excluding hydrogens is 447 g/mol. The maximum atomic E-state index is 12.9. The standard InChI is InChI=1S/C16H18Cl2N4O6S/c1-3-9-16(14(24)25,8(6-29(9,26)27)5-10(23)28-4-2)22-7-19-11-12(17)20-15(18)21-13(11)22/h7-9H,3-6H2,1-2H3,(H,24,25). The largest absolute Gasteiger partial charge is 0.479 e. The molecule has 0 aliphatic carbocycles. The zero-order valence-corrected chi connectivity index (χ0v) is 17.8. The third-order valence-electron chi connectivity index (χ3n) is 5.14. The number of nitrogens with zero attached hydrogens (tertiary/aromatic N) is 4. The molecule has 0 amide bonds. The van der Waals surface area contributed by atoms with Crippen molar-refractivity contribution < 1.29 is 27.9 Å². The Morgan fingerprint density at radius 1 is 1.34 bits per heavy atom. The number of hydrogen-bond acceptors (Lipinski definition) is 8. The van der Waals surface area contributed by atoms with Gasteiger partial charge in [-0.15, -0.1) is 0 Å². The van der Waals surface area contributed by atoms with E-state index in [9.17, 15) is 23.1 Å². The first-order valence-electron chi connectivity index (χ1n) is 8.76. The maximum Gasteiger partial charge on any atom is 0.331 e. The van der Waals surface area contributed by atoms with E-state index in [1.54, 1.807) is 13.8 Å². The van der Waals surface area contributed by atoms with Crippen molar-refractivity contribution in [1.82, 2.24) is 19.5 Å². The molecule has 0 spiro atoms. The summed E-state index contributed by atoms with van der Waals surface area (Å²) in [7, 11) is -3.86. The highest BCUT2D eigenvalue weighted by molar-refractivity contribution is 7.92. The average Bonchev–Trinajstić information content (AvgIpc) is 3.11. The number of imidazole rings is 1. The normalized spacial score (nSPS) is 25.9. The first kappa shape index (κ1) is 21.7. The number of carboxylic acid groups (broad SMARTS) is 1. The predicted octanol–water partition coefficient (Wildman–Crippen LogP) is 1.69. The number of rotatable bonds is 6. The zero-order chi connectivity index (χ0) is 21.6. The van der Waals surface area contributed by atoms with Crippen molar-refractivity contribution >= 4 is 56.1 Å². The van der Waals surface area contributed by atoms with Crippen LogP contribution in [0.5, 0.6) is 0 Å². The van der Waals surface area contributed by atoms with Gasteiger partial charge in [-0.25, -0.2) is 23.2 Å². The van der Waals surface area contributed by atoms with Gasteiger partial charge in [-0.1, -0.05) is 18.5 Å². The lowest BCUT2D eigenvalue weighted by atomic mass is 9.79. The Hall–Kier alpha value is -1.98. The number of carboxylic acids is 1. The molecule has 10 nitrogen and oxygen atoms in total. The van der Waals surface area contributed by atoms with Crippen molar-refractivity contribution in [2.24, 2.45) is 5.92 Å². The van der Waals surface area contributed by atoms with Gasteiger partial charge in [0, 0.05) is 5.92 Å². The number of hydrogen-bond donors (Lipinski definition) is 1. The topological polar surface area (TPSA) is 141 Å². The molecule has 1 N–H and O–H groups in total. The van der Waals surface area contributed by atoms with Gasteiger partial charge in [0.1, 0.15) is 5.52 Å². The van der Waals surface area contributed by atoms with E-state index in [0.717, 1.165) is 10.9 Å². The quantitative estimate of drug-likeness (QED) is 0.383. The highest BCUT2D eigenvalue weighted by atomic mass is 35.5. The van der Waals surface area contributed by atoms with Gasteiger partial charge < -0.3 is 9.84 Å². The van der Waals surface area contributed by atoms with Crippen molar-refractivity contribution in [3.8, 4) is 0 Å². The number of aromatic nitrogens is 4. The Kier molecular flexibility index (Phi) is 5.76. The van der Waals surface area contributed by atoms with Crippen molar-refractivity contribution in [2.45, 2.75) is 37.5 Å². The van der Waals surface area contributed by atoms with Crippen LogP contribution in [0.2, 0.25) is 10.4 Å². The Bertz CT molecular complexity index is 1090. The molecule has 13 heteroatoms. The minimum absolute atomic E-state index is 0.000178. The van der Waals surface area contributed by atoms with Crippen molar-refractivity contribution in [3.05, 3.63) is 16.8 Å². The molecule has 2 aromatic heterocycles. The Balaban J connectivity index is 2.33. The number of esters is 1. The molecule has 0 bridgehead atoms. The number of aliphatic carboxylic acids is 1. The molecular formula is C16H18Cl2N4O6S. The predicted molar refractivity (Wildman–Crippen MR) is 104 cm³/mol. The Labute approximate surface area is 176 Å². The first-order valence-corrected chi connectivity index (χ1v) is 11.2. The van der Waals surface area contributed by atoms with Crippen LogP contribution >= 0.6 is 23.2 Å². The van der Waals surface area contributed by atoms with Crippen LogP contribution in [0.4, 0.5) is 0 Å². The van der Waals surface area contributed by atoms with Gasteiger partial charge in [0.25, 0.3) is 0 Å². The smallest absolute Gasteiger partial charge is 0.331 e. The summed E-state index contributed by atoms with van der Waals surface area (Å²) in [6.07, 6.45) is 0.750. The minimum atomic E-state index is -3.86. The first-order chi connectivity index (χ1) is 13.6. The molecule has 0 radical (unpaired) electrons. The third kappa shape index (κ3) is 3.34. The van der Waals surface area contributed by atoms with Crippen LogP contribution in [-0.4, -0.2) is 62.6 Å². The van der Waals surface area contributed by atoms with Gasteiger partial charge in [-0.05, 0) is 24.9 Å². The van der Waals surface area contributed by atoms with E-state index < -0.39 is 50.7 Å². The molecule has 1 saturated heterocycles.